The summed E-state index contributed by atoms with van der Waals surface area (Å²) in [5.41, 5.74) is 1.01. The number of aromatic nitrogens is 2. The molecule has 1 aliphatic heterocycles. The standard InChI is InChI=1S/C14H23F3N6O.HI/c1-18-13(19-7-12(24)14(15,16)17)21-10-4-3-5-23(8-10)11-6-20-22(2)9-11;/h6,9-10,12,24H,3-5,7-8H2,1-2H3,(H2,18,19,21);1H. The number of hydrogen-bond donors (Lipinski definition) is 3. The van der Waals surface area contributed by atoms with E-state index in [4.69, 9.17) is 5.11 Å². The molecule has 2 unspecified atom stereocenters. The van der Waals surface area contributed by atoms with Crippen LogP contribution in [-0.2, 0) is 7.05 Å². The minimum absolute atomic E-state index is 0. The first-order valence-corrected chi connectivity index (χ1v) is 7.75. The van der Waals surface area contributed by atoms with Crippen LogP contribution < -0.4 is 15.5 Å². The summed E-state index contributed by atoms with van der Waals surface area (Å²) < 4.78 is 38.7. The Morgan fingerprint density at radius 2 is 2.24 bits per heavy atom. The summed E-state index contributed by atoms with van der Waals surface area (Å²) in [5.74, 6) is 0.247. The van der Waals surface area contributed by atoms with Gasteiger partial charge in [0.25, 0.3) is 0 Å². The monoisotopic (exact) mass is 476 g/mol. The Bertz CT molecular complexity index is 565. The van der Waals surface area contributed by atoms with Gasteiger partial charge in [0.2, 0.25) is 0 Å². The van der Waals surface area contributed by atoms with Crippen molar-refractivity contribution in [2.75, 3.05) is 31.6 Å². The van der Waals surface area contributed by atoms with Crippen molar-refractivity contribution in [1.82, 2.24) is 20.4 Å². The maximum Gasteiger partial charge on any atom is 0.416 e. The third-order valence-corrected chi connectivity index (χ3v) is 3.88. The number of aliphatic hydroxyl groups excluding tert-OH is 1. The van der Waals surface area contributed by atoms with Crippen molar-refractivity contribution < 1.29 is 18.3 Å². The summed E-state index contributed by atoms with van der Waals surface area (Å²) >= 11 is 0. The highest BCUT2D eigenvalue weighted by atomic mass is 127. The SMILES string of the molecule is CN=C(NCC(O)C(F)(F)F)NC1CCCN(c2cnn(C)c2)C1.I. The van der Waals surface area contributed by atoms with E-state index in [-0.39, 0.29) is 36.0 Å². The van der Waals surface area contributed by atoms with Gasteiger partial charge in [-0.25, -0.2) is 0 Å². The van der Waals surface area contributed by atoms with Gasteiger partial charge in [0, 0.05) is 39.4 Å². The van der Waals surface area contributed by atoms with Crippen LogP contribution in [0.3, 0.4) is 0 Å². The van der Waals surface area contributed by atoms with Gasteiger partial charge in [0.15, 0.2) is 12.1 Å². The summed E-state index contributed by atoms with van der Waals surface area (Å²) in [6.07, 6.45) is -1.51. The fraction of sp³-hybridized carbons (Fsp3) is 0.714. The lowest BCUT2D eigenvalue weighted by atomic mass is 10.1. The molecular weight excluding hydrogens is 452 g/mol. The average Bonchev–Trinajstić information content (AvgIpc) is 2.97. The Morgan fingerprint density at radius 1 is 1.52 bits per heavy atom. The minimum Gasteiger partial charge on any atom is -0.382 e. The third-order valence-electron chi connectivity index (χ3n) is 3.88. The molecule has 3 N–H and O–H groups in total. The number of aliphatic hydroxyl groups is 1. The van der Waals surface area contributed by atoms with E-state index in [1.807, 2.05) is 13.2 Å². The number of piperidine rings is 1. The lowest BCUT2D eigenvalue weighted by molar-refractivity contribution is -0.201. The molecule has 0 aliphatic carbocycles. The van der Waals surface area contributed by atoms with Crippen LogP contribution in [0.4, 0.5) is 18.9 Å². The number of hydrogen-bond acceptors (Lipinski definition) is 4. The van der Waals surface area contributed by atoms with E-state index in [0.717, 1.165) is 25.1 Å². The Kier molecular flexibility index (Phi) is 8.25. The van der Waals surface area contributed by atoms with Crippen LogP contribution in [0.25, 0.3) is 0 Å². The molecule has 11 heteroatoms. The zero-order valence-corrected chi connectivity index (χ0v) is 16.5. The topological polar surface area (TPSA) is 77.7 Å². The summed E-state index contributed by atoms with van der Waals surface area (Å²) in [6.45, 7) is 0.971. The molecule has 0 aromatic carbocycles. The van der Waals surface area contributed by atoms with E-state index < -0.39 is 18.8 Å². The first-order valence-electron chi connectivity index (χ1n) is 7.75. The van der Waals surface area contributed by atoms with Crippen LogP contribution in [0.15, 0.2) is 17.4 Å². The van der Waals surface area contributed by atoms with E-state index >= 15 is 0 Å². The molecule has 0 spiro atoms. The molecule has 1 aromatic heterocycles. The van der Waals surface area contributed by atoms with Gasteiger partial charge in [0.05, 0.1) is 18.4 Å². The Labute approximate surface area is 161 Å². The van der Waals surface area contributed by atoms with E-state index in [9.17, 15) is 13.2 Å². The molecular formula is C14H24F3IN6O. The van der Waals surface area contributed by atoms with Gasteiger partial charge in [-0.2, -0.15) is 18.3 Å². The third kappa shape index (κ3) is 6.53. The second-order valence-corrected chi connectivity index (χ2v) is 5.81. The highest BCUT2D eigenvalue weighted by Crippen LogP contribution is 2.20. The first-order chi connectivity index (χ1) is 11.3. The molecule has 1 aliphatic rings. The van der Waals surface area contributed by atoms with Crippen LogP contribution in [-0.4, -0.2) is 65.9 Å². The molecule has 2 atom stereocenters. The number of nitrogens with zero attached hydrogens (tertiary/aromatic N) is 4. The Balaban J connectivity index is 0.00000312. The van der Waals surface area contributed by atoms with Gasteiger partial charge in [-0.3, -0.25) is 9.67 Å². The second kappa shape index (κ2) is 9.46. The van der Waals surface area contributed by atoms with Crippen molar-refractivity contribution in [1.29, 1.82) is 0 Å². The number of aryl methyl sites for hydroxylation is 1. The summed E-state index contributed by atoms with van der Waals surface area (Å²) in [7, 11) is 3.33. The van der Waals surface area contributed by atoms with E-state index in [2.05, 4.69) is 25.6 Å². The number of aliphatic imine (C=N–C) groups is 1. The van der Waals surface area contributed by atoms with E-state index in [1.165, 1.54) is 7.05 Å². The van der Waals surface area contributed by atoms with Gasteiger partial charge < -0.3 is 20.6 Å². The zero-order valence-electron chi connectivity index (χ0n) is 14.1. The minimum atomic E-state index is -4.65. The predicted octanol–water partition coefficient (Wildman–Crippen LogP) is 1.10. The van der Waals surface area contributed by atoms with Gasteiger partial charge in [-0.05, 0) is 12.8 Å². The maximum absolute atomic E-state index is 12.3. The van der Waals surface area contributed by atoms with Gasteiger partial charge in [-0.1, -0.05) is 0 Å². The summed E-state index contributed by atoms with van der Waals surface area (Å²) in [5, 5.41) is 18.8. The van der Waals surface area contributed by atoms with Crippen LogP contribution in [0, 0.1) is 0 Å². The summed E-state index contributed by atoms with van der Waals surface area (Å²) in [4.78, 5) is 6.09. The van der Waals surface area contributed by atoms with Crippen molar-refractivity contribution >= 4 is 35.6 Å². The Hall–Kier alpha value is -1.24. The largest absolute Gasteiger partial charge is 0.416 e. The normalized spacial score (nSPS) is 20.0. The number of rotatable bonds is 4. The van der Waals surface area contributed by atoms with Gasteiger partial charge >= 0.3 is 6.18 Å². The van der Waals surface area contributed by atoms with Crippen LogP contribution in [0.2, 0.25) is 0 Å². The molecule has 1 saturated heterocycles. The quantitative estimate of drug-likeness (QED) is 0.345. The van der Waals surface area contributed by atoms with Gasteiger partial charge in [0.1, 0.15) is 0 Å². The molecule has 0 saturated carbocycles. The average molecular weight is 476 g/mol. The zero-order chi connectivity index (χ0) is 17.7. The molecule has 1 aromatic rings. The van der Waals surface area contributed by atoms with Crippen molar-refractivity contribution in [3.63, 3.8) is 0 Å². The first kappa shape index (κ1) is 21.8. The van der Waals surface area contributed by atoms with Crippen molar-refractivity contribution in [3.05, 3.63) is 12.4 Å². The smallest absolute Gasteiger partial charge is 0.382 e. The molecule has 0 amide bonds. The molecule has 2 heterocycles. The van der Waals surface area contributed by atoms with Gasteiger partial charge in [-0.15, -0.1) is 24.0 Å². The highest BCUT2D eigenvalue weighted by Gasteiger charge is 2.38. The lowest BCUT2D eigenvalue weighted by Crippen LogP contribution is -2.53. The molecule has 7 nitrogen and oxygen atoms in total. The van der Waals surface area contributed by atoms with E-state index in [1.54, 1.807) is 10.9 Å². The van der Waals surface area contributed by atoms with Crippen LogP contribution >= 0.6 is 24.0 Å². The molecule has 0 bridgehead atoms. The number of nitrogens with one attached hydrogen (secondary N) is 2. The number of anilines is 1. The highest BCUT2D eigenvalue weighted by molar-refractivity contribution is 14.0. The molecule has 144 valence electrons. The fourth-order valence-corrected chi connectivity index (χ4v) is 2.60. The fourth-order valence-electron chi connectivity index (χ4n) is 2.60. The Morgan fingerprint density at radius 3 is 2.80 bits per heavy atom. The van der Waals surface area contributed by atoms with Crippen LogP contribution in [0.1, 0.15) is 12.8 Å². The lowest BCUT2D eigenvalue weighted by Gasteiger charge is -2.34. The number of guanidine groups is 1. The number of alkyl halides is 3. The van der Waals surface area contributed by atoms with Crippen LogP contribution in [0.5, 0.6) is 0 Å². The molecule has 25 heavy (non-hydrogen) atoms. The maximum atomic E-state index is 12.3. The summed E-state index contributed by atoms with van der Waals surface area (Å²) in [6, 6.07) is 0.0492. The molecule has 1 fully saturated rings. The second-order valence-electron chi connectivity index (χ2n) is 5.81. The molecule has 0 radical (unpaired) electrons. The predicted molar refractivity (Wildman–Crippen MR) is 100 cm³/mol. The van der Waals surface area contributed by atoms with Crippen molar-refractivity contribution in [2.45, 2.75) is 31.2 Å². The number of halogens is 4. The van der Waals surface area contributed by atoms with Crippen molar-refractivity contribution in [3.8, 4) is 0 Å². The van der Waals surface area contributed by atoms with E-state index in [0.29, 0.717) is 6.54 Å². The molecule has 2 rings (SSSR count). The van der Waals surface area contributed by atoms with Crippen molar-refractivity contribution in [2.24, 2.45) is 12.0 Å².